The third kappa shape index (κ3) is 5.58. The smallest absolute Gasteiger partial charge is 0.337 e. The van der Waals surface area contributed by atoms with Crippen molar-refractivity contribution in [1.82, 2.24) is 5.32 Å². The minimum atomic E-state index is -0.550. The lowest BCUT2D eigenvalue weighted by atomic mass is 9.71. The van der Waals surface area contributed by atoms with Crippen molar-refractivity contribution in [1.29, 1.82) is 0 Å². The summed E-state index contributed by atoms with van der Waals surface area (Å²) in [6, 6.07) is 15.8. The van der Waals surface area contributed by atoms with E-state index in [-0.39, 0.29) is 17.8 Å². The average Bonchev–Trinajstić information content (AvgIpc) is 2.91. The molecule has 1 N–H and O–H groups in total. The van der Waals surface area contributed by atoms with Gasteiger partial charge in [-0.25, -0.2) is 4.79 Å². The van der Waals surface area contributed by atoms with Crippen LogP contribution in [0.15, 0.2) is 71.1 Å². The second kappa shape index (κ2) is 11.7. The van der Waals surface area contributed by atoms with E-state index in [9.17, 15) is 9.59 Å². The van der Waals surface area contributed by atoms with Crippen LogP contribution in [0.1, 0.15) is 76.3 Å². The molecule has 0 spiro atoms. The molecule has 2 aromatic rings. The van der Waals surface area contributed by atoms with Crippen LogP contribution in [-0.2, 0) is 14.3 Å². The van der Waals surface area contributed by atoms with Crippen LogP contribution in [0.4, 0.5) is 0 Å². The number of carbonyl (C=O) groups is 2. The van der Waals surface area contributed by atoms with Crippen LogP contribution in [0.2, 0.25) is 0 Å². The number of carbonyl (C=O) groups excluding carboxylic acids is 2. The summed E-state index contributed by atoms with van der Waals surface area (Å²) in [6.07, 6.45) is 2.44. The van der Waals surface area contributed by atoms with E-state index in [1.807, 2.05) is 64.1 Å². The molecule has 6 nitrogen and oxygen atoms in total. The minimum absolute atomic E-state index is 0.0409. The maximum atomic E-state index is 13.8. The summed E-state index contributed by atoms with van der Waals surface area (Å²) in [5, 5.41) is 3.42. The largest absolute Gasteiger partial charge is 0.493 e. The number of hydrogen-bond acceptors (Lipinski definition) is 6. The van der Waals surface area contributed by atoms with Crippen molar-refractivity contribution in [2.24, 2.45) is 0 Å². The zero-order valence-corrected chi connectivity index (χ0v) is 22.4. The molecule has 0 saturated heterocycles. The summed E-state index contributed by atoms with van der Waals surface area (Å²) in [6.45, 7) is 8.36. The van der Waals surface area contributed by atoms with Crippen molar-refractivity contribution in [3.63, 3.8) is 0 Å². The van der Waals surface area contributed by atoms with Gasteiger partial charge in [-0.05, 0) is 62.3 Å². The Labute approximate surface area is 219 Å². The summed E-state index contributed by atoms with van der Waals surface area (Å²) >= 11 is 0. The monoisotopic (exact) mass is 503 g/mol. The van der Waals surface area contributed by atoms with Gasteiger partial charge in [0.15, 0.2) is 17.3 Å². The molecular formula is C31H37NO5. The Bertz CT molecular complexity index is 1210. The predicted octanol–water partition coefficient (Wildman–Crippen LogP) is 6.19. The fourth-order valence-corrected chi connectivity index (χ4v) is 5.13. The number of esters is 1. The van der Waals surface area contributed by atoms with Crippen molar-refractivity contribution < 1.29 is 23.8 Å². The summed E-state index contributed by atoms with van der Waals surface area (Å²) in [7, 11) is 1.60. The maximum Gasteiger partial charge on any atom is 0.337 e. The Balaban J connectivity index is 1.80. The van der Waals surface area contributed by atoms with E-state index in [2.05, 4.69) is 17.4 Å². The van der Waals surface area contributed by atoms with Gasteiger partial charge < -0.3 is 19.5 Å². The van der Waals surface area contributed by atoms with Crippen molar-refractivity contribution in [3.8, 4) is 11.5 Å². The number of benzene rings is 2. The highest BCUT2D eigenvalue weighted by Gasteiger charge is 2.42. The zero-order valence-electron chi connectivity index (χ0n) is 22.4. The van der Waals surface area contributed by atoms with Crippen LogP contribution in [0, 0.1) is 0 Å². The molecule has 0 amide bonds. The quantitative estimate of drug-likeness (QED) is 0.412. The lowest BCUT2D eigenvalue weighted by Gasteiger charge is -2.37. The van der Waals surface area contributed by atoms with Crippen LogP contribution >= 0.6 is 0 Å². The molecule has 0 fully saturated rings. The Kier molecular flexibility index (Phi) is 8.37. The highest BCUT2D eigenvalue weighted by atomic mass is 16.5. The molecule has 2 aliphatic rings. The fourth-order valence-electron chi connectivity index (χ4n) is 5.13. The first-order valence-corrected chi connectivity index (χ1v) is 13.2. The molecule has 3 unspecified atom stereocenters. The molecule has 6 heteroatoms. The number of rotatable bonds is 9. The zero-order chi connectivity index (χ0) is 26.5. The van der Waals surface area contributed by atoms with Crippen molar-refractivity contribution in [3.05, 3.63) is 82.2 Å². The lowest BCUT2D eigenvalue weighted by molar-refractivity contribution is -0.144. The van der Waals surface area contributed by atoms with Gasteiger partial charge in [0.25, 0.3) is 0 Å². The standard InChI is InChI=1S/C31H37NO5/c1-6-15-36-26-14-13-22(18-27(26)35-5)29-28(31(34)37-19(3)7-2)20(4)32-24-16-23(17-25(33)30(24)29)21-11-9-8-10-12-21/h8-14,18-19,23,29,32H,6-7,15-17H2,1-5H3. The van der Waals surface area contributed by atoms with E-state index < -0.39 is 11.9 Å². The molecule has 0 aromatic heterocycles. The second-order valence-corrected chi connectivity index (χ2v) is 9.81. The Morgan fingerprint density at radius 3 is 2.49 bits per heavy atom. The Hall–Kier alpha value is -3.54. The Morgan fingerprint density at radius 2 is 1.81 bits per heavy atom. The van der Waals surface area contributed by atoms with Gasteiger partial charge in [0, 0.05) is 29.3 Å². The summed E-state index contributed by atoms with van der Waals surface area (Å²) in [4.78, 5) is 27.3. The van der Waals surface area contributed by atoms with Gasteiger partial charge >= 0.3 is 5.97 Å². The molecule has 0 saturated carbocycles. The molecule has 1 aliphatic heterocycles. The number of nitrogens with one attached hydrogen (secondary N) is 1. The van der Waals surface area contributed by atoms with E-state index >= 15 is 0 Å². The van der Waals surface area contributed by atoms with Gasteiger partial charge in [0.1, 0.15) is 0 Å². The maximum absolute atomic E-state index is 13.8. The lowest BCUT2D eigenvalue weighted by Crippen LogP contribution is -2.36. The van der Waals surface area contributed by atoms with Crippen molar-refractivity contribution in [2.45, 2.75) is 71.3 Å². The van der Waals surface area contributed by atoms with Crippen LogP contribution in [-0.4, -0.2) is 31.6 Å². The average molecular weight is 504 g/mol. The molecule has 1 heterocycles. The summed E-state index contributed by atoms with van der Waals surface area (Å²) < 4.78 is 17.3. The highest BCUT2D eigenvalue weighted by molar-refractivity contribution is 6.04. The molecular weight excluding hydrogens is 466 g/mol. The molecule has 196 valence electrons. The van der Waals surface area contributed by atoms with E-state index in [0.717, 1.165) is 23.2 Å². The summed E-state index contributed by atoms with van der Waals surface area (Å²) in [5.74, 6) is 0.384. The van der Waals surface area contributed by atoms with Gasteiger partial charge in [-0.15, -0.1) is 0 Å². The number of dihydropyridines is 1. The summed E-state index contributed by atoms with van der Waals surface area (Å²) in [5.41, 5.74) is 4.63. The first-order valence-electron chi connectivity index (χ1n) is 13.2. The molecule has 1 aliphatic carbocycles. The van der Waals surface area contributed by atoms with Crippen molar-refractivity contribution >= 4 is 11.8 Å². The third-order valence-electron chi connectivity index (χ3n) is 7.18. The second-order valence-electron chi connectivity index (χ2n) is 9.81. The SMILES string of the molecule is CCCOc1ccc(C2C(C(=O)OC(C)CC)=C(C)NC3=C2C(=O)CC(c2ccccc2)C3)cc1OC. The number of Topliss-reactive ketones (excluding diaryl/α,β-unsaturated/α-hetero) is 1. The minimum Gasteiger partial charge on any atom is -0.493 e. The molecule has 0 radical (unpaired) electrons. The van der Waals surface area contributed by atoms with Crippen molar-refractivity contribution in [2.75, 3.05) is 13.7 Å². The van der Waals surface area contributed by atoms with E-state index in [0.29, 0.717) is 54.2 Å². The third-order valence-corrected chi connectivity index (χ3v) is 7.18. The van der Waals surface area contributed by atoms with Gasteiger partial charge in [-0.3, -0.25) is 4.79 Å². The highest BCUT2D eigenvalue weighted by Crippen LogP contribution is 2.47. The Morgan fingerprint density at radius 1 is 1.05 bits per heavy atom. The van der Waals surface area contributed by atoms with E-state index in [1.165, 1.54) is 0 Å². The number of ether oxygens (including phenoxy) is 3. The van der Waals surface area contributed by atoms with Crippen LogP contribution < -0.4 is 14.8 Å². The van der Waals surface area contributed by atoms with E-state index in [1.54, 1.807) is 7.11 Å². The molecule has 4 rings (SSSR count). The number of ketones is 1. The van der Waals surface area contributed by atoms with E-state index in [4.69, 9.17) is 14.2 Å². The van der Waals surface area contributed by atoms with Crippen LogP contribution in [0.5, 0.6) is 11.5 Å². The van der Waals surface area contributed by atoms with Gasteiger partial charge in [-0.2, -0.15) is 0 Å². The first-order chi connectivity index (χ1) is 17.9. The molecule has 3 atom stereocenters. The molecule has 2 aromatic carbocycles. The van der Waals surface area contributed by atoms with Gasteiger partial charge in [0.2, 0.25) is 0 Å². The van der Waals surface area contributed by atoms with Gasteiger partial charge in [-0.1, -0.05) is 50.2 Å². The predicted molar refractivity (Wildman–Crippen MR) is 144 cm³/mol. The number of methoxy groups -OCH3 is 1. The van der Waals surface area contributed by atoms with Gasteiger partial charge in [0.05, 0.1) is 25.4 Å². The number of hydrogen-bond donors (Lipinski definition) is 1. The molecule has 0 bridgehead atoms. The fraction of sp³-hybridized carbons (Fsp3) is 0.419. The molecule has 37 heavy (non-hydrogen) atoms. The number of allylic oxidation sites excluding steroid dienone is 3. The first kappa shape index (κ1) is 26.5. The topological polar surface area (TPSA) is 73.9 Å². The van der Waals surface area contributed by atoms with Crippen LogP contribution in [0.3, 0.4) is 0 Å². The normalized spacial score (nSPS) is 20.2. The van der Waals surface area contributed by atoms with Crippen LogP contribution in [0.25, 0.3) is 0 Å².